The molecule has 0 radical (unpaired) electrons. The molecule has 2 amide bonds. The standard InChI is InChI=1S/C30H38N4O2/c1-5-32-14-16-33(17-15-32)29(36)27-19-23-18-25(31-28(35)22-8-9-22)12-13-26(23)34(27)20-21-6-10-24(11-7-21)30(2,3)4/h6-7,10-13,18-19,22H,5,8-9,14-17,20H2,1-4H3,(H,31,35). The van der Waals surface area contributed by atoms with Crippen molar-refractivity contribution in [2.24, 2.45) is 5.92 Å². The van der Waals surface area contributed by atoms with Crippen LogP contribution in [0, 0.1) is 5.92 Å². The number of benzene rings is 2. The van der Waals surface area contributed by atoms with Crippen molar-refractivity contribution in [1.82, 2.24) is 14.4 Å². The highest BCUT2D eigenvalue weighted by atomic mass is 16.2. The van der Waals surface area contributed by atoms with Crippen molar-refractivity contribution in [2.75, 3.05) is 38.0 Å². The van der Waals surface area contributed by atoms with Gasteiger partial charge in [-0.15, -0.1) is 0 Å². The summed E-state index contributed by atoms with van der Waals surface area (Å²) < 4.78 is 2.14. The second-order valence-corrected chi connectivity index (χ2v) is 11.3. The molecule has 0 atom stereocenters. The molecule has 36 heavy (non-hydrogen) atoms. The number of likely N-dealkylation sites (N-methyl/N-ethyl adjacent to an activating group) is 1. The van der Waals surface area contributed by atoms with Crippen LogP contribution >= 0.6 is 0 Å². The Labute approximate surface area is 214 Å². The zero-order chi connectivity index (χ0) is 25.4. The summed E-state index contributed by atoms with van der Waals surface area (Å²) in [6.45, 7) is 13.8. The molecule has 2 fully saturated rings. The summed E-state index contributed by atoms with van der Waals surface area (Å²) in [4.78, 5) is 30.4. The van der Waals surface area contributed by atoms with Crippen LogP contribution in [-0.2, 0) is 16.8 Å². The maximum absolute atomic E-state index is 13.7. The first-order chi connectivity index (χ1) is 17.2. The normalized spacial score (nSPS) is 16.9. The molecule has 2 aliphatic rings. The molecule has 1 saturated carbocycles. The molecule has 1 aliphatic carbocycles. The number of fused-ring (bicyclic) bond motifs is 1. The zero-order valence-electron chi connectivity index (χ0n) is 22.0. The van der Waals surface area contributed by atoms with Gasteiger partial charge in [0.1, 0.15) is 5.69 Å². The molecule has 6 heteroatoms. The van der Waals surface area contributed by atoms with E-state index in [9.17, 15) is 9.59 Å². The molecule has 2 heterocycles. The Morgan fingerprint density at radius 1 is 0.944 bits per heavy atom. The highest BCUT2D eigenvalue weighted by Crippen LogP contribution is 2.31. The molecule has 6 nitrogen and oxygen atoms in total. The molecule has 190 valence electrons. The lowest BCUT2D eigenvalue weighted by molar-refractivity contribution is -0.117. The van der Waals surface area contributed by atoms with E-state index in [1.807, 2.05) is 29.2 Å². The largest absolute Gasteiger partial charge is 0.335 e. The van der Waals surface area contributed by atoms with Gasteiger partial charge in [0.05, 0.1) is 0 Å². The van der Waals surface area contributed by atoms with Gasteiger partial charge in [0, 0.05) is 55.2 Å². The summed E-state index contributed by atoms with van der Waals surface area (Å²) in [5.41, 5.74) is 5.07. The van der Waals surface area contributed by atoms with Crippen LogP contribution in [-0.4, -0.2) is 58.9 Å². The van der Waals surface area contributed by atoms with Gasteiger partial charge in [-0.25, -0.2) is 0 Å². The molecule has 1 aliphatic heterocycles. The Morgan fingerprint density at radius 3 is 2.25 bits per heavy atom. The second kappa shape index (κ2) is 9.74. The Bertz CT molecular complexity index is 1260. The van der Waals surface area contributed by atoms with Crippen LogP contribution in [0.4, 0.5) is 5.69 Å². The second-order valence-electron chi connectivity index (χ2n) is 11.3. The number of nitrogens with zero attached hydrogens (tertiary/aromatic N) is 3. The van der Waals surface area contributed by atoms with Crippen LogP contribution in [0.3, 0.4) is 0 Å². The molecule has 3 aromatic rings. The Balaban J connectivity index is 1.47. The predicted octanol–water partition coefficient (Wildman–Crippen LogP) is 5.11. The minimum atomic E-state index is 0.0804. The van der Waals surface area contributed by atoms with Crippen molar-refractivity contribution in [2.45, 2.75) is 52.5 Å². The number of anilines is 1. The van der Waals surface area contributed by atoms with E-state index < -0.39 is 0 Å². The number of rotatable bonds is 6. The SMILES string of the molecule is CCN1CCN(C(=O)c2cc3cc(NC(=O)C4CC4)ccc3n2Cc2ccc(C(C)(C)C)cc2)CC1. The molecule has 0 spiro atoms. The topological polar surface area (TPSA) is 57.6 Å². The average molecular weight is 487 g/mol. The highest BCUT2D eigenvalue weighted by molar-refractivity contribution is 6.01. The fourth-order valence-electron chi connectivity index (χ4n) is 5.01. The van der Waals surface area contributed by atoms with Gasteiger partial charge >= 0.3 is 0 Å². The van der Waals surface area contributed by atoms with Gasteiger partial charge in [-0.2, -0.15) is 0 Å². The van der Waals surface area contributed by atoms with Crippen molar-refractivity contribution in [3.63, 3.8) is 0 Å². The number of carbonyl (C=O) groups excluding carboxylic acids is 2. The first-order valence-corrected chi connectivity index (χ1v) is 13.3. The maximum Gasteiger partial charge on any atom is 0.270 e. The number of hydrogen-bond donors (Lipinski definition) is 1. The van der Waals surface area contributed by atoms with Crippen LogP contribution in [0.5, 0.6) is 0 Å². The highest BCUT2D eigenvalue weighted by Gasteiger charge is 2.30. The minimum Gasteiger partial charge on any atom is -0.335 e. The molecular weight excluding hydrogens is 448 g/mol. The third kappa shape index (κ3) is 5.19. The van der Waals surface area contributed by atoms with Gasteiger partial charge in [0.25, 0.3) is 5.91 Å². The smallest absolute Gasteiger partial charge is 0.270 e. The molecule has 1 aromatic heterocycles. The molecule has 0 unspecified atom stereocenters. The van der Waals surface area contributed by atoms with Crippen LogP contribution in [0.2, 0.25) is 0 Å². The van der Waals surface area contributed by atoms with E-state index in [0.717, 1.165) is 67.7 Å². The van der Waals surface area contributed by atoms with Gasteiger partial charge in [-0.05, 0) is 60.2 Å². The summed E-state index contributed by atoms with van der Waals surface area (Å²) in [5, 5.41) is 4.03. The average Bonchev–Trinajstić information content (AvgIpc) is 3.66. The van der Waals surface area contributed by atoms with E-state index >= 15 is 0 Å². The summed E-state index contributed by atoms with van der Waals surface area (Å²) in [6, 6.07) is 16.7. The third-order valence-electron chi connectivity index (χ3n) is 7.60. The monoisotopic (exact) mass is 486 g/mol. The lowest BCUT2D eigenvalue weighted by Crippen LogP contribution is -2.48. The molecular formula is C30H38N4O2. The Kier molecular flexibility index (Phi) is 6.64. The van der Waals surface area contributed by atoms with Gasteiger partial charge in [-0.3, -0.25) is 9.59 Å². The molecule has 5 rings (SSSR count). The predicted molar refractivity (Wildman–Crippen MR) is 146 cm³/mol. The summed E-state index contributed by atoms with van der Waals surface area (Å²) in [7, 11) is 0. The van der Waals surface area contributed by atoms with E-state index in [1.54, 1.807) is 0 Å². The van der Waals surface area contributed by atoms with Gasteiger partial charge in [0.15, 0.2) is 0 Å². The first kappa shape index (κ1) is 24.6. The van der Waals surface area contributed by atoms with Gasteiger partial charge in [0.2, 0.25) is 5.91 Å². The summed E-state index contributed by atoms with van der Waals surface area (Å²) in [6.07, 6.45) is 1.95. The lowest BCUT2D eigenvalue weighted by Gasteiger charge is -2.34. The lowest BCUT2D eigenvalue weighted by atomic mass is 9.87. The van der Waals surface area contributed by atoms with Crippen molar-refractivity contribution in [3.05, 3.63) is 65.4 Å². The number of amides is 2. The van der Waals surface area contributed by atoms with E-state index in [0.29, 0.717) is 12.2 Å². The zero-order valence-corrected chi connectivity index (χ0v) is 22.0. The summed E-state index contributed by atoms with van der Waals surface area (Å²) in [5.74, 6) is 0.329. The van der Waals surface area contributed by atoms with E-state index in [1.165, 1.54) is 5.56 Å². The van der Waals surface area contributed by atoms with E-state index in [4.69, 9.17) is 0 Å². The quantitative estimate of drug-likeness (QED) is 0.527. The number of carbonyl (C=O) groups is 2. The van der Waals surface area contributed by atoms with Crippen LogP contribution in [0.15, 0.2) is 48.5 Å². The molecule has 2 aromatic carbocycles. The van der Waals surface area contributed by atoms with Crippen molar-refractivity contribution in [1.29, 1.82) is 0 Å². The molecule has 1 saturated heterocycles. The Hall–Kier alpha value is -3.12. The van der Waals surface area contributed by atoms with Crippen LogP contribution in [0.25, 0.3) is 10.9 Å². The van der Waals surface area contributed by atoms with Crippen LogP contribution < -0.4 is 5.32 Å². The van der Waals surface area contributed by atoms with Crippen molar-refractivity contribution >= 4 is 28.4 Å². The molecule has 0 bridgehead atoms. The minimum absolute atomic E-state index is 0.0804. The number of hydrogen-bond acceptors (Lipinski definition) is 3. The number of aromatic nitrogens is 1. The first-order valence-electron chi connectivity index (χ1n) is 13.3. The fourth-order valence-corrected chi connectivity index (χ4v) is 5.01. The number of nitrogens with one attached hydrogen (secondary N) is 1. The van der Waals surface area contributed by atoms with E-state index in [2.05, 4.69) is 66.7 Å². The summed E-state index contributed by atoms with van der Waals surface area (Å²) >= 11 is 0. The third-order valence-corrected chi connectivity index (χ3v) is 7.60. The van der Waals surface area contributed by atoms with Gasteiger partial charge < -0.3 is 19.7 Å². The van der Waals surface area contributed by atoms with E-state index in [-0.39, 0.29) is 23.1 Å². The fraction of sp³-hybridized carbons (Fsp3) is 0.467. The van der Waals surface area contributed by atoms with Gasteiger partial charge in [-0.1, -0.05) is 52.0 Å². The molecule has 1 N–H and O–H groups in total. The van der Waals surface area contributed by atoms with Crippen LogP contribution in [0.1, 0.15) is 62.2 Å². The Morgan fingerprint density at radius 2 is 1.64 bits per heavy atom. The van der Waals surface area contributed by atoms with Crippen molar-refractivity contribution in [3.8, 4) is 0 Å². The maximum atomic E-state index is 13.7. The van der Waals surface area contributed by atoms with Crippen molar-refractivity contribution < 1.29 is 9.59 Å². The number of piperazine rings is 1.